The molecule has 1 amide bonds. The minimum atomic E-state index is -0.0700. The average Bonchev–Trinajstić information content (AvgIpc) is 3.46. The van der Waals surface area contributed by atoms with E-state index in [1.165, 1.54) is 12.0 Å². The Labute approximate surface area is 162 Å². The van der Waals surface area contributed by atoms with Crippen LogP contribution in [0.2, 0.25) is 0 Å². The standard InChI is InChI=1S/C19H23N7O2/c1-3-15(27)25-8-6-12(10-25)28-19-16-18(20-11-21-19)24(2)17(23-16)13-9-22-26-7-4-5-14(13)26/h9,11-12H,3-8,10H2,1-2H3/t12-/m0/s1. The predicted molar refractivity (Wildman–Crippen MR) is 102 cm³/mol. The summed E-state index contributed by atoms with van der Waals surface area (Å²) in [6, 6.07) is 0. The van der Waals surface area contributed by atoms with Gasteiger partial charge in [-0.3, -0.25) is 9.48 Å². The molecule has 5 rings (SSSR count). The molecule has 0 unspecified atom stereocenters. The Bertz CT molecular complexity index is 1050. The Morgan fingerprint density at radius 1 is 1.32 bits per heavy atom. The Morgan fingerprint density at radius 3 is 3.07 bits per heavy atom. The molecule has 1 fully saturated rings. The molecular formula is C19H23N7O2. The van der Waals surface area contributed by atoms with E-state index in [2.05, 4.69) is 19.7 Å². The topological polar surface area (TPSA) is 91.0 Å². The first kappa shape index (κ1) is 17.2. The fraction of sp³-hybridized carbons (Fsp3) is 0.526. The highest BCUT2D eigenvalue weighted by molar-refractivity contribution is 5.81. The fourth-order valence-electron chi connectivity index (χ4n) is 4.19. The van der Waals surface area contributed by atoms with Crippen LogP contribution < -0.4 is 4.74 Å². The third-order valence-corrected chi connectivity index (χ3v) is 5.67. The molecule has 0 spiro atoms. The number of aromatic nitrogens is 6. The Hall–Kier alpha value is -2.97. The Kier molecular flexibility index (Phi) is 4.03. The second-order valence-electron chi connectivity index (χ2n) is 7.40. The lowest BCUT2D eigenvalue weighted by molar-refractivity contribution is -0.130. The first-order chi connectivity index (χ1) is 13.7. The molecule has 9 heteroatoms. The second kappa shape index (κ2) is 6.57. The molecule has 0 N–H and O–H groups in total. The zero-order chi connectivity index (χ0) is 19.3. The van der Waals surface area contributed by atoms with Crippen LogP contribution >= 0.6 is 0 Å². The summed E-state index contributed by atoms with van der Waals surface area (Å²) in [6.45, 7) is 4.16. The van der Waals surface area contributed by atoms with Crippen LogP contribution in [-0.2, 0) is 24.8 Å². The summed E-state index contributed by atoms with van der Waals surface area (Å²) in [7, 11) is 1.96. The number of fused-ring (bicyclic) bond motifs is 2. The molecule has 3 aromatic rings. The number of likely N-dealkylation sites (tertiary alicyclic amines) is 1. The minimum absolute atomic E-state index is 0.0700. The number of rotatable bonds is 4. The van der Waals surface area contributed by atoms with Crippen molar-refractivity contribution in [3.63, 3.8) is 0 Å². The smallest absolute Gasteiger partial charge is 0.245 e. The molecule has 0 saturated carbocycles. The maximum absolute atomic E-state index is 11.9. The largest absolute Gasteiger partial charge is 0.471 e. The molecule has 1 atom stereocenters. The molecule has 0 radical (unpaired) electrons. The average molecular weight is 381 g/mol. The van der Waals surface area contributed by atoms with E-state index < -0.39 is 0 Å². The van der Waals surface area contributed by atoms with Gasteiger partial charge in [0.25, 0.3) is 0 Å². The van der Waals surface area contributed by atoms with Crippen molar-refractivity contribution in [3.05, 3.63) is 18.2 Å². The highest BCUT2D eigenvalue weighted by atomic mass is 16.5. The van der Waals surface area contributed by atoms with E-state index in [1.807, 2.05) is 29.6 Å². The summed E-state index contributed by atoms with van der Waals surface area (Å²) in [5.41, 5.74) is 3.65. The van der Waals surface area contributed by atoms with Crippen molar-refractivity contribution < 1.29 is 9.53 Å². The summed E-state index contributed by atoms with van der Waals surface area (Å²) in [5.74, 6) is 1.47. The first-order valence-corrected chi connectivity index (χ1v) is 9.82. The monoisotopic (exact) mass is 381 g/mol. The lowest BCUT2D eigenvalue weighted by atomic mass is 10.2. The Morgan fingerprint density at radius 2 is 2.21 bits per heavy atom. The highest BCUT2D eigenvalue weighted by Crippen LogP contribution is 2.32. The van der Waals surface area contributed by atoms with Crippen LogP contribution in [-0.4, -0.2) is 59.3 Å². The molecule has 0 bridgehead atoms. The van der Waals surface area contributed by atoms with Gasteiger partial charge in [0.15, 0.2) is 11.2 Å². The van der Waals surface area contributed by atoms with Gasteiger partial charge in [-0.25, -0.2) is 9.97 Å². The normalized spacial score (nSPS) is 18.8. The molecule has 0 aromatic carbocycles. The van der Waals surface area contributed by atoms with Gasteiger partial charge in [0.2, 0.25) is 11.8 Å². The van der Waals surface area contributed by atoms with Gasteiger partial charge in [-0.15, -0.1) is 0 Å². The van der Waals surface area contributed by atoms with Crippen molar-refractivity contribution in [1.82, 2.24) is 34.2 Å². The fourth-order valence-corrected chi connectivity index (χ4v) is 4.19. The second-order valence-corrected chi connectivity index (χ2v) is 7.40. The third-order valence-electron chi connectivity index (χ3n) is 5.67. The van der Waals surface area contributed by atoms with E-state index >= 15 is 0 Å². The summed E-state index contributed by atoms with van der Waals surface area (Å²) < 4.78 is 10.2. The molecule has 146 valence electrons. The molecule has 0 aliphatic carbocycles. The number of ether oxygens (including phenoxy) is 1. The van der Waals surface area contributed by atoms with Crippen LogP contribution in [0.1, 0.15) is 31.9 Å². The van der Waals surface area contributed by atoms with Crippen LogP contribution in [0.25, 0.3) is 22.6 Å². The van der Waals surface area contributed by atoms with Gasteiger partial charge in [0, 0.05) is 38.7 Å². The highest BCUT2D eigenvalue weighted by Gasteiger charge is 2.29. The van der Waals surface area contributed by atoms with Crippen LogP contribution in [0.5, 0.6) is 5.88 Å². The molecule has 28 heavy (non-hydrogen) atoms. The molecular weight excluding hydrogens is 358 g/mol. The molecule has 9 nitrogen and oxygen atoms in total. The number of hydrogen-bond acceptors (Lipinski definition) is 6. The summed E-state index contributed by atoms with van der Waals surface area (Å²) in [4.78, 5) is 27.3. The lowest BCUT2D eigenvalue weighted by Gasteiger charge is -2.16. The zero-order valence-corrected chi connectivity index (χ0v) is 16.1. The number of nitrogens with zero attached hydrogens (tertiary/aromatic N) is 7. The van der Waals surface area contributed by atoms with Crippen molar-refractivity contribution in [3.8, 4) is 17.3 Å². The third kappa shape index (κ3) is 2.64. The van der Waals surface area contributed by atoms with E-state index in [0.29, 0.717) is 24.4 Å². The van der Waals surface area contributed by atoms with Crippen molar-refractivity contribution in [2.75, 3.05) is 13.1 Å². The van der Waals surface area contributed by atoms with E-state index in [1.54, 1.807) is 0 Å². The predicted octanol–water partition coefficient (Wildman–Crippen LogP) is 1.56. The Balaban J connectivity index is 1.47. The molecule has 5 heterocycles. The van der Waals surface area contributed by atoms with Gasteiger partial charge >= 0.3 is 0 Å². The van der Waals surface area contributed by atoms with E-state index in [-0.39, 0.29) is 12.0 Å². The van der Waals surface area contributed by atoms with Crippen LogP contribution in [0.3, 0.4) is 0 Å². The number of carbonyl (C=O) groups excluding carboxylic acids is 1. The number of aryl methyl sites for hydroxylation is 2. The first-order valence-electron chi connectivity index (χ1n) is 9.82. The van der Waals surface area contributed by atoms with Crippen molar-refractivity contribution in [1.29, 1.82) is 0 Å². The van der Waals surface area contributed by atoms with E-state index in [4.69, 9.17) is 9.72 Å². The van der Waals surface area contributed by atoms with Gasteiger partial charge in [-0.05, 0) is 12.8 Å². The van der Waals surface area contributed by atoms with Gasteiger partial charge < -0.3 is 14.2 Å². The van der Waals surface area contributed by atoms with Crippen LogP contribution in [0, 0.1) is 0 Å². The number of hydrogen-bond donors (Lipinski definition) is 0. The summed E-state index contributed by atoms with van der Waals surface area (Å²) in [5, 5.41) is 4.48. The van der Waals surface area contributed by atoms with Gasteiger partial charge in [0.1, 0.15) is 18.3 Å². The SMILES string of the molecule is CCC(=O)N1CC[C@H](Oc2ncnc3c2nc(-c2cnn4c2CCC4)n3C)C1. The van der Waals surface area contributed by atoms with Crippen molar-refractivity contribution >= 4 is 17.1 Å². The summed E-state index contributed by atoms with van der Waals surface area (Å²) in [6.07, 6.45) is 6.77. The number of imidazole rings is 1. The van der Waals surface area contributed by atoms with Crippen LogP contribution in [0.4, 0.5) is 0 Å². The maximum Gasteiger partial charge on any atom is 0.245 e. The molecule has 1 saturated heterocycles. The van der Waals surface area contributed by atoms with E-state index in [9.17, 15) is 4.79 Å². The van der Waals surface area contributed by atoms with Crippen molar-refractivity contribution in [2.45, 2.75) is 45.3 Å². The lowest BCUT2D eigenvalue weighted by Crippen LogP contribution is -2.30. The number of carbonyl (C=O) groups is 1. The zero-order valence-electron chi connectivity index (χ0n) is 16.1. The molecule has 3 aromatic heterocycles. The van der Waals surface area contributed by atoms with Gasteiger partial charge in [0.05, 0.1) is 18.3 Å². The van der Waals surface area contributed by atoms with Crippen LogP contribution in [0.15, 0.2) is 12.5 Å². The van der Waals surface area contributed by atoms with Gasteiger partial charge in [-0.2, -0.15) is 10.1 Å². The maximum atomic E-state index is 11.9. The van der Waals surface area contributed by atoms with Gasteiger partial charge in [-0.1, -0.05) is 6.92 Å². The number of amides is 1. The quantitative estimate of drug-likeness (QED) is 0.681. The molecule has 2 aliphatic heterocycles. The summed E-state index contributed by atoms with van der Waals surface area (Å²) >= 11 is 0. The minimum Gasteiger partial charge on any atom is -0.471 e. The molecule has 2 aliphatic rings. The van der Waals surface area contributed by atoms with Crippen molar-refractivity contribution in [2.24, 2.45) is 7.05 Å². The van der Waals surface area contributed by atoms with E-state index in [0.717, 1.165) is 49.4 Å².